The molecule has 0 atom stereocenters. The Morgan fingerprint density at radius 2 is 1.79 bits per heavy atom. The normalized spacial score (nSPS) is 10.9. The Morgan fingerprint density at radius 1 is 1.00 bits per heavy atom. The van der Waals surface area contributed by atoms with Gasteiger partial charge >= 0.3 is 0 Å². The van der Waals surface area contributed by atoms with Crippen molar-refractivity contribution in [3.63, 3.8) is 0 Å². The molecule has 0 fully saturated rings. The van der Waals surface area contributed by atoms with E-state index in [0.29, 0.717) is 23.0 Å². The smallest absolute Gasteiger partial charge is 0.187 e. The summed E-state index contributed by atoms with van der Waals surface area (Å²) in [5.41, 5.74) is 2.42. The lowest BCUT2D eigenvalue weighted by atomic mass is 10.2. The molecular weight excluding hydrogens is 450 g/mol. The molecule has 0 spiro atoms. The van der Waals surface area contributed by atoms with Gasteiger partial charge in [0.1, 0.15) is 17.2 Å². The number of nitrogens with one attached hydrogen (secondary N) is 3. The minimum Gasteiger partial charge on any atom is -0.495 e. The summed E-state index contributed by atoms with van der Waals surface area (Å²) < 4.78 is 20.3. The molecule has 2 heterocycles. The second kappa shape index (κ2) is 9.80. The summed E-state index contributed by atoms with van der Waals surface area (Å²) in [4.78, 5) is 1.01. The van der Waals surface area contributed by atoms with Crippen LogP contribution in [-0.2, 0) is 6.42 Å². The Kier molecular flexibility index (Phi) is 6.26. The molecule has 8 nitrogen and oxygen atoms in total. The molecular formula is C25H23N5O3S. The van der Waals surface area contributed by atoms with Gasteiger partial charge in [0.05, 0.1) is 18.2 Å². The predicted molar refractivity (Wildman–Crippen MR) is 134 cm³/mol. The van der Waals surface area contributed by atoms with Gasteiger partial charge in [0.25, 0.3) is 0 Å². The SMILES string of the molecule is CCc1cc(Nc2cc3onc(NSc4ccc(Oc5ccccc5)cc4)c3cc2OC)n[nH]1. The van der Waals surface area contributed by atoms with E-state index in [1.54, 1.807) is 7.11 Å². The number of para-hydroxylation sites is 1. The van der Waals surface area contributed by atoms with Crippen LogP contribution in [0.2, 0.25) is 0 Å². The maximum atomic E-state index is 5.85. The van der Waals surface area contributed by atoms with E-state index < -0.39 is 0 Å². The number of aromatic nitrogens is 3. The first-order valence-corrected chi connectivity index (χ1v) is 11.6. The number of H-pyrrole nitrogens is 1. The zero-order valence-corrected chi connectivity index (χ0v) is 19.5. The molecule has 0 unspecified atom stereocenters. The first kappa shape index (κ1) is 21.7. The van der Waals surface area contributed by atoms with Crippen LogP contribution in [0, 0.1) is 0 Å². The molecule has 0 aliphatic rings. The van der Waals surface area contributed by atoms with Crippen LogP contribution in [0.4, 0.5) is 17.3 Å². The average molecular weight is 474 g/mol. The van der Waals surface area contributed by atoms with Crippen LogP contribution < -0.4 is 19.5 Å². The van der Waals surface area contributed by atoms with Crippen LogP contribution in [0.3, 0.4) is 0 Å². The molecule has 0 radical (unpaired) electrons. The van der Waals surface area contributed by atoms with Gasteiger partial charge in [0.15, 0.2) is 17.2 Å². The lowest BCUT2D eigenvalue weighted by Crippen LogP contribution is -1.95. The van der Waals surface area contributed by atoms with Crippen LogP contribution in [0.5, 0.6) is 17.2 Å². The van der Waals surface area contributed by atoms with E-state index in [2.05, 4.69) is 32.3 Å². The van der Waals surface area contributed by atoms with Gasteiger partial charge in [-0.15, -0.1) is 0 Å². The quantitative estimate of drug-likeness (QED) is 0.202. The number of nitrogens with zero attached hydrogens (tertiary/aromatic N) is 2. The average Bonchev–Trinajstić information content (AvgIpc) is 3.50. The number of hydrogen-bond donors (Lipinski definition) is 3. The van der Waals surface area contributed by atoms with Crippen molar-refractivity contribution in [2.24, 2.45) is 0 Å². The summed E-state index contributed by atoms with van der Waals surface area (Å²) in [6, 6.07) is 23.2. The minimum absolute atomic E-state index is 0.613. The highest BCUT2D eigenvalue weighted by atomic mass is 32.2. The summed E-state index contributed by atoms with van der Waals surface area (Å²) in [5.74, 6) is 3.56. The number of aromatic amines is 1. The third-order valence-electron chi connectivity index (χ3n) is 5.13. The zero-order valence-electron chi connectivity index (χ0n) is 18.7. The van der Waals surface area contributed by atoms with Crippen molar-refractivity contribution in [1.29, 1.82) is 0 Å². The fourth-order valence-corrected chi connectivity index (χ4v) is 3.99. The van der Waals surface area contributed by atoms with Gasteiger partial charge in [-0.25, -0.2) is 0 Å². The van der Waals surface area contributed by atoms with E-state index in [9.17, 15) is 0 Å². The molecule has 9 heteroatoms. The number of methoxy groups -OCH3 is 1. The van der Waals surface area contributed by atoms with E-state index in [0.717, 1.165) is 39.6 Å². The number of hydrogen-bond acceptors (Lipinski definition) is 8. The van der Waals surface area contributed by atoms with Crippen molar-refractivity contribution in [3.8, 4) is 17.2 Å². The Bertz CT molecular complexity index is 1380. The highest BCUT2D eigenvalue weighted by Crippen LogP contribution is 2.36. The lowest BCUT2D eigenvalue weighted by molar-refractivity contribution is 0.417. The fourth-order valence-electron chi connectivity index (χ4n) is 3.36. The van der Waals surface area contributed by atoms with Gasteiger partial charge in [0.2, 0.25) is 0 Å². The van der Waals surface area contributed by atoms with Gasteiger partial charge in [-0.05, 0) is 60.8 Å². The van der Waals surface area contributed by atoms with Crippen LogP contribution in [0.1, 0.15) is 12.6 Å². The first-order valence-electron chi connectivity index (χ1n) is 10.8. The van der Waals surface area contributed by atoms with Gasteiger partial charge < -0.3 is 24.0 Å². The molecule has 3 N–H and O–H groups in total. The highest BCUT2D eigenvalue weighted by molar-refractivity contribution is 8.00. The number of fused-ring (bicyclic) bond motifs is 1. The van der Waals surface area contributed by atoms with E-state index in [1.807, 2.05) is 72.8 Å². The van der Waals surface area contributed by atoms with Gasteiger partial charge in [-0.1, -0.05) is 30.3 Å². The molecule has 2 aromatic heterocycles. The molecule has 3 aromatic carbocycles. The summed E-state index contributed by atoms with van der Waals surface area (Å²) in [5, 5.41) is 15.5. The number of aryl methyl sites for hydroxylation is 1. The third-order valence-corrected chi connectivity index (χ3v) is 5.94. The Hall–Kier alpha value is -4.11. The van der Waals surface area contributed by atoms with Crippen LogP contribution in [0.25, 0.3) is 11.0 Å². The van der Waals surface area contributed by atoms with Gasteiger partial charge in [0, 0.05) is 22.7 Å². The van der Waals surface area contributed by atoms with E-state index in [4.69, 9.17) is 14.0 Å². The molecule has 0 aliphatic heterocycles. The monoisotopic (exact) mass is 473 g/mol. The summed E-state index contributed by atoms with van der Waals surface area (Å²) in [7, 11) is 1.63. The van der Waals surface area contributed by atoms with Crippen molar-refractivity contribution in [2.45, 2.75) is 18.2 Å². The molecule has 0 bridgehead atoms. The van der Waals surface area contributed by atoms with Crippen molar-refractivity contribution in [2.75, 3.05) is 17.1 Å². The van der Waals surface area contributed by atoms with Crippen LogP contribution in [-0.4, -0.2) is 22.5 Å². The lowest BCUT2D eigenvalue weighted by Gasteiger charge is -2.09. The zero-order chi connectivity index (χ0) is 23.3. The topological polar surface area (TPSA) is 97.2 Å². The van der Waals surface area contributed by atoms with E-state index in [1.165, 1.54) is 11.9 Å². The standard InChI is InChI=1S/C25H23N5O3S/c1-3-16-13-24(28-27-16)26-21-15-22-20(14-23(21)31-2)25(29-33-22)30-34-19-11-9-18(10-12-19)32-17-7-5-4-6-8-17/h4-15H,3H2,1-2H3,(H,29,30)(H2,26,27,28). The molecule has 0 saturated heterocycles. The molecule has 0 aliphatic carbocycles. The maximum Gasteiger partial charge on any atom is 0.187 e. The molecule has 5 aromatic rings. The van der Waals surface area contributed by atoms with E-state index in [-0.39, 0.29) is 0 Å². The number of ether oxygens (including phenoxy) is 2. The summed E-state index contributed by atoms with van der Waals surface area (Å²) in [6.45, 7) is 2.07. The van der Waals surface area contributed by atoms with Crippen molar-refractivity contribution < 1.29 is 14.0 Å². The Labute approximate surface area is 200 Å². The maximum absolute atomic E-state index is 5.85. The molecule has 0 saturated carbocycles. The van der Waals surface area contributed by atoms with Gasteiger partial charge in [-0.3, -0.25) is 5.10 Å². The highest BCUT2D eigenvalue weighted by Gasteiger charge is 2.15. The molecule has 34 heavy (non-hydrogen) atoms. The Balaban J connectivity index is 1.28. The van der Waals surface area contributed by atoms with Crippen molar-refractivity contribution in [3.05, 3.63) is 78.5 Å². The Morgan fingerprint density at radius 3 is 2.53 bits per heavy atom. The molecule has 172 valence electrons. The second-order valence-electron chi connectivity index (χ2n) is 7.43. The van der Waals surface area contributed by atoms with Crippen LogP contribution in [0.15, 0.2) is 82.2 Å². The van der Waals surface area contributed by atoms with E-state index >= 15 is 0 Å². The minimum atomic E-state index is 0.613. The second-order valence-corrected chi connectivity index (χ2v) is 8.31. The van der Waals surface area contributed by atoms with Crippen molar-refractivity contribution in [1.82, 2.24) is 15.4 Å². The van der Waals surface area contributed by atoms with Crippen LogP contribution >= 0.6 is 11.9 Å². The first-order chi connectivity index (χ1) is 16.7. The summed E-state index contributed by atoms with van der Waals surface area (Å²) in [6.07, 6.45) is 0.877. The molecule has 0 amide bonds. The van der Waals surface area contributed by atoms with Crippen molar-refractivity contribution >= 4 is 40.2 Å². The number of anilines is 3. The predicted octanol–water partition coefficient (Wildman–Crippen LogP) is 6.78. The van der Waals surface area contributed by atoms with Gasteiger partial charge in [-0.2, -0.15) is 5.10 Å². The number of rotatable bonds is 9. The molecule has 5 rings (SSSR count). The number of benzene rings is 3. The fraction of sp³-hybridized carbons (Fsp3) is 0.120. The third kappa shape index (κ3) is 4.79. The summed E-state index contributed by atoms with van der Waals surface area (Å²) >= 11 is 1.43. The largest absolute Gasteiger partial charge is 0.495 e.